The van der Waals surface area contributed by atoms with Crippen LogP contribution in [0.3, 0.4) is 0 Å². The van der Waals surface area contributed by atoms with Crippen LogP contribution in [0.15, 0.2) is 47.5 Å². The molecule has 2 aliphatic heterocycles. The zero-order valence-electron chi connectivity index (χ0n) is 13.6. The van der Waals surface area contributed by atoms with Crippen LogP contribution >= 0.6 is 24.0 Å². The number of benzene rings is 1. The molecule has 0 spiro atoms. The fourth-order valence-corrected chi connectivity index (χ4v) is 4.14. The van der Waals surface area contributed by atoms with Crippen molar-refractivity contribution < 1.29 is 9.53 Å². The Morgan fingerprint density at radius 2 is 2.12 bits per heavy atom. The summed E-state index contributed by atoms with van der Waals surface area (Å²) in [7, 11) is 1.65. The van der Waals surface area contributed by atoms with Gasteiger partial charge in [0, 0.05) is 24.3 Å². The molecule has 3 rings (SSSR count). The van der Waals surface area contributed by atoms with Crippen molar-refractivity contribution >= 4 is 46.0 Å². The standard InChI is InChI=1S/C18H18N2O2S2/c1-4-10-20-17(21)16(24-18(20)23)15-8-6-12-11-13(22-3)7-9-14(12)19(15)5-2/h4,6-9,11H,1,5,10H2,2-3H3. The van der Waals surface area contributed by atoms with Crippen LogP contribution in [0.5, 0.6) is 5.75 Å². The number of ether oxygens (including phenoxy) is 1. The Hall–Kier alpha value is -2.05. The van der Waals surface area contributed by atoms with E-state index in [2.05, 4.69) is 18.4 Å². The highest BCUT2D eigenvalue weighted by molar-refractivity contribution is 8.26. The van der Waals surface area contributed by atoms with Gasteiger partial charge in [-0.3, -0.25) is 9.69 Å². The van der Waals surface area contributed by atoms with Crippen molar-refractivity contribution in [2.24, 2.45) is 0 Å². The molecule has 24 heavy (non-hydrogen) atoms. The molecule has 1 aromatic rings. The number of carbonyl (C=O) groups is 1. The first-order valence-electron chi connectivity index (χ1n) is 7.63. The summed E-state index contributed by atoms with van der Waals surface area (Å²) < 4.78 is 5.87. The first kappa shape index (κ1) is 16.8. The lowest BCUT2D eigenvalue weighted by molar-refractivity contribution is -0.121. The Morgan fingerprint density at radius 1 is 1.33 bits per heavy atom. The van der Waals surface area contributed by atoms with Gasteiger partial charge in [0.1, 0.15) is 15.0 Å². The summed E-state index contributed by atoms with van der Waals surface area (Å²) in [4.78, 5) is 17.1. The van der Waals surface area contributed by atoms with Crippen molar-refractivity contribution in [3.63, 3.8) is 0 Å². The van der Waals surface area contributed by atoms with E-state index in [4.69, 9.17) is 17.0 Å². The summed E-state index contributed by atoms with van der Waals surface area (Å²) in [5.74, 6) is 0.759. The van der Waals surface area contributed by atoms with Crippen LogP contribution in [0.2, 0.25) is 0 Å². The van der Waals surface area contributed by atoms with E-state index >= 15 is 0 Å². The van der Waals surface area contributed by atoms with Crippen LogP contribution in [-0.4, -0.2) is 35.3 Å². The summed E-state index contributed by atoms with van der Waals surface area (Å²) in [6.45, 7) is 6.95. The largest absolute Gasteiger partial charge is 0.497 e. The first-order chi connectivity index (χ1) is 11.6. The normalized spacial score (nSPS) is 19.8. The zero-order chi connectivity index (χ0) is 17.3. The van der Waals surface area contributed by atoms with Gasteiger partial charge in [-0.25, -0.2) is 0 Å². The van der Waals surface area contributed by atoms with Crippen molar-refractivity contribution in [3.05, 3.63) is 53.1 Å². The highest BCUT2D eigenvalue weighted by atomic mass is 32.2. The summed E-state index contributed by atoms with van der Waals surface area (Å²) in [6.07, 6.45) is 5.68. The van der Waals surface area contributed by atoms with Crippen LogP contribution in [0.25, 0.3) is 6.08 Å². The average Bonchev–Trinajstić information content (AvgIpc) is 2.88. The van der Waals surface area contributed by atoms with Gasteiger partial charge in [-0.15, -0.1) is 6.58 Å². The predicted octanol–water partition coefficient (Wildman–Crippen LogP) is 3.81. The first-order valence-corrected chi connectivity index (χ1v) is 8.85. The van der Waals surface area contributed by atoms with Gasteiger partial charge in [-0.2, -0.15) is 0 Å². The number of allylic oxidation sites excluding steroid dienone is 1. The molecule has 1 saturated heterocycles. The Kier molecular flexibility index (Phi) is 4.78. The number of anilines is 1. The lowest BCUT2D eigenvalue weighted by Gasteiger charge is -2.30. The molecule has 1 fully saturated rings. The molecule has 0 N–H and O–H groups in total. The number of nitrogens with zero attached hydrogens (tertiary/aromatic N) is 2. The number of methoxy groups -OCH3 is 1. The number of hydrogen-bond acceptors (Lipinski definition) is 5. The third-order valence-electron chi connectivity index (χ3n) is 3.95. The molecule has 0 atom stereocenters. The van der Waals surface area contributed by atoms with Gasteiger partial charge in [-0.05, 0) is 31.2 Å². The number of amides is 1. The second kappa shape index (κ2) is 6.83. The van der Waals surface area contributed by atoms with Gasteiger partial charge in [0.15, 0.2) is 0 Å². The maximum absolute atomic E-state index is 12.7. The van der Waals surface area contributed by atoms with Crippen LogP contribution in [0.4, 0.5) is 5.69 Å². The quantitative estimate of drug-likeness (QED) is 0.464. The summed E-state index contributed by atoms with van der Waals surface area (Å²) in [5, 5.41) is 0. The van der Waals surface area contributed by atoms with Crippen LogP contribution in [0.1, 0.15) is 12.5 Å². The summed E-state index contributed by atoms with van der Waals surface area (Å²) in [6, 6.07) is 5.95. The van der Waals surface area contributed by atoms with Gasteiger partial charge < -0.3 is 9.64 Å². The number of carbonyl (C=O) groups excluding carboxylic acids is 1. The Balaban J connectivity index is 2.05. The van der Waals surface area contributed by atoms with Gasteiger partial charge in [-0.1, -0.05) is 36.1 Å². The minimum atomic E-state index is -0.0556. The molecule has 2 heterocycles. The van der Waals surface area contributed by atoms with E-state index < -0.39 is 0 Å². The fourth-order valence-electron chi connectivity index (χ4n) is 2.81. The van der Waals surface area contributed by atoms with Crippen LogP contribution in [-0.2, 0) is 4.79 Å². The molecule has 0 unspecified atom stereocenters. The molecule has 0 radical (unpaired) electrons. The Morgan fingerprint density at radius 3 is 2.79 bits per heavy atom. The van der Waals surface area contributed by atoms with Crippen molar-refractivity contribution in [2.75, 3.05) is 25.1 Å². The van der Waals surface area contributed by atoms with Gasteiger partial charge in [0.2, 0.25) is 0 Å². The Bertz CT molecular complexity index is 783. The molecule has 0 aromatic heterocycles. The topological polar surface area (TPSA) is 32.8 Å². The minimum absolute atomic E-state index is 0.0556. The number of likely N-dealkylation sites (N-methyl/N-ethyl adjacent to an activating group) is 1. The van der Waals surface area contributed by atoms with Crippen molar-refractivity contribution in [1.82, 2.24) is 4.90 Å². The van der Waals surface area contributed by atoms with Crippen LogP contribution < -0.4 is 9.64 Å². The minimum Gasteiger partial charge on any atom is -0.497 e. The molecule has 1 amide bonds. The van der Waals surface area contributed by atoms with E-state index in [9.17, 15) is 4.79 Å². The molecule has 0 aliphatic carbocycles. The molecule has 1 aromatic carbocycles. The monoisotopic (exact) mass is 358 g/mol. The lowest BCUT2D eigenvalue weighted by Crippen LogP contribution is -2.30. The van der Waals surface area contributed by atoms with Gasteiger partial charge in [0.05, 0.1) is 12.8 Å². The van der Waals surface area contributed by atoms with E-state index in [0.717, 1.165) is 29.2 Å². The third-order valence-corrected chi connectivity index (χ3v) is 5.40. The molecule has 6 heteroatoms. The van der Waals surface area contributed by atoms with Crippen molar-refractivity contribution in [2.45, 2.75) is 6.92 Å². The van der Waals surface area contributed by atoms with Gasteiger partial charge in [0.25, 0.3) is 5.91 Å². The second-order valence-corrected chi connectivity index (χ2v) is 6.93. The second-order valence-electron chi connectivity index (χ2n) is 5.29. The smallest absolute Gasteiger partial charge is 0.268 e. The number of fused-ring (bicyclic) bond motifs is 1. The number of thiocarbonyl (C=S) groups is 1. The van der Waals surface area contributed by atoms with E-state index in [1.807, 2.05) is 30.4 Å². The molecular formula is C18H18N2O2S2. The third kappa shape index (κ3) is 2.76. The number of hydrogen-bond donors (Lipinski definition) is 0. The molecule has 4 nitrogen and oxygen atoms in total. The van der Waals surface area contributed by atoms with E-state index in [-0.39, 0.29) is 5.91 Å². The highest BCUT2D eigenvalue weighted by Crippen LogP contribution is 2.40. The van der Waals surface area contributed by atoms with E-state index in [1.54, 1.807) is 18.1 Å². The fraction of sp³-hybridized carbons (Fsp3) is 0.222. The summed E-state index contributed by atoms with van der Waals surface area (Å²) in [5.41, 5.74) is 3.02. The average molecular weight is 358 g/mol. The van der Waals surface area contributed by atoms with E-state index in [1.165, 1.54) is 11.8 Å². The molecule has 0 bridgehead atoms. The molecule has 2 aliphatic rings. The SMILES string of the molecule is C=CCN1C(=O)C(=C2C=Cc3cc(OC)ccc3N2CC)SC1=S. The number of rotatable bonds is 4. The van der Waals surface area contributed by atoms with E-state index in [0.29, 0.717) is 15.8 Å². The maximum atomic E-state index is 12.7. The molecule has 0 saturated carbocycles. The predicted molar refractivity (Wildman–Crippen MR) is 104 cm³/mol. The van der Waals surface area contributed by atoms with Crippen molar-refractivity contribution in [1.29, 1.82) is 0 Å². The van der Waals surface area contributed by atoms with Crippen molar-refractivity contribution in [3.8, 4) is 5.75 Å². The maximum Gasteiger partial charge on any atom is 0.268 e. The van der Waals surface area contributed by atoms with Gasteiger partial charge >= 0.3 is 0 Å². The Labute approximate surface area is 151 Å². The van der Waals surface area contributed by atoms with Crippen LogP contribution in [0, 0.1) is 0 Å². The lowest BCUT2D eigenvalue weighted by atomic mass is 10.0. The molecular weight excluding hydrogens is 340 g/mol. The highest BCUT2D eigenvalue weighted by Gasteiger charge is 2.35. The zero-order valence-corrected chi connectivity index (χ0v) is 15.2. The summed E-state index contributed by atoms with van der Waals surface area (Å²) >= 11 is 6.69. The number of thioether (sulfide) groups is 1. The molecule has 124 valence electrons.